The van der Waals surface area contributed by atoms with E-state index in [1.807, 2.05) is 0 Å². The fraction of sp³-hybridized carbons (Fsp3) is 0.500. The van der Waals surface area contributed by atoms with E-state index >= 15 is 0 Å². The largest absolute Gasteiger partial charge is 0.490 e. The molecule has 0 spiro atoms. The minimum absolute atomic E-state index is 0.166. The second-order valence-corrected chi connectivity index (χ2v) is 8.76. The van der Waals surface area contributed by atoms with Crippen molar-refractivity contribution in [3.63, 3.8) is 0 Å². The van der Waals surface area contributed by atoms with Crippen molar-refractivity contribution >= 4 is 0 Å². The Bertz CT molecular complexity index is 825. The molecule has 4 heteroatoms. The molecule has 28 heavy (non-hydrogen) atoms. The fourth-order valence-corrected chi connectivity index (χ4v) is 5.17. The third-order valence-electron chi connectivity index (χ3n) is 6.97. The molecule has 1 unspecified atom stereocenters. The molecule has 2 fully saturated rings. The quantitative estimate of drug-likeness (QED) is 0.863. The first-order chi connectivity index (χ1) is 13.7. The van der Waals surface area contributed by atoms with Gasteiger partial charge in [0.05, 0.1) is 0 Å². The summed E-state index contributed by atoms with van der Waals surface area (Å²) < 4.78 is 6.36. The first-order valence-corrected chi connectivity index (χ1v) is 10.7. The van der Waals surface area contributed by atoms with Gasteiger partial charge in [0.1, 0.15) is 11.9 Å². The highest BCUT2D eigenvalue weighted by Gasteiger charge is 2.53. The van der Waals surface area contributed by atoms with Crippen LogP contribution in [0.1, 0.15) is 48.4 Å². The summed E-state index contributed by atoms with van der Waals surface area (Å²) in [5.41, 5.74) is 10.7. The Labute approximate surface area is 168 Å². The van der Waals surface area contributed by atoms with Crippen molar-refractivity contribution in [3.05, 3.63) is 65.2 Å². The molecule has 5 rings (SSSR count). The zero-order valence-electron chi connectivity index (χ0n) is 16.8. The monoisotopic (exact) mass is 377 g/mol. The summed E-state index contributed by atoms with van der Waals surface area (Å²) in [4.78, 5) is 5.02. The van der Waals surface area contributed by atoms with E-state index in [-0.39, 0.29) is 11.6 Å². The first kappa shape index (κ1) is 18.2. The van der Waals surface area contributed by atoms with Gasteiger partial charge in [-0.15, -0.1) is 0 Å². The zero-order valence-corrected chi connectivity index (χ0v) is 16.8. The molecule has 0 aromatic heterocycles. The van der Waals surface area contributed by atoms with E-state index in [1.54, 1.807) is 0 Å². The summed E-state index contributed by atoms with van der Waals surface area (Å²) in [7, 11) is 2.19. The van der Waals surface area contributed by atoms with Gasteiger partial charge in [-0.1, -0.05) is 36.4 Å². The van der Waals surface area contributed by atoms with Crippen LogP contribution in [0.15, 0.2) is 48.5 Å². The maximum atomic E-state index is 6.36. The molecule has 0 amide bonds. The number of likely N-dealkylation sites (tertiary alicyclic amines) is 1. The summed E-state index contributed by atoms with van der Waals surface area (Å²) in [6.07, 6.45) is 5.00. The first-order valence-electron chi connectivity index (χ1n) is 10.7. The van der Waals surface area contributed by atoms with E-state index in [0.717, 1.165) is 38.2 Å². The number of nitrogens with zero attached hydrogens (tertiary/aromatic N) is 2. The molecular formula is C24H31N3O. The molecule has 2 N–H and O–H groups in total. The van der Waals surface area contributed by atoms with Crippen LogP contribution in [-0.2, 0) is 12.1 Å². The highest BCUT2D eigenvalue weighted by atomic mass is 16.5. The Morgan fingerprint density at radius 1 is 1.07 bits per heavy atom. The van der Waals surface area contributed by atoms with Crippen LogP contribution in [0.25, 0.3) is 0 Å². The molecule has 4 nitrogen and oxygen atoms in total. The van der Waals surface area contributed by atoms with E-state index in [2.05, 4.69) is 65.4 Å². The van der Waals surface area contributed by atoms with Gasteiger partial charge in [-0.2, -0.15) is 0 Å². The van der Waals surface area contributed by atoms with Gasteiger partial charge in [0.2, 0.25) is 0 Å². The smallest absolute Gasteiger partial charge is 0.120 e. The number of hydrogen-bond acceptors (Lipinski definition) is 4. The second kappa shape index (κ2) is 7.18. The topological polar surface area (TPSA) is 41.7 Å². The summed E-state index contributed by atoms with van der Waals surface area (Å²) >= 11 is 0. The van der Waals surface area contributed by atoms with Gasteiger partial charge >= 0.3 is 0 Å². The average molecular weight is 378 g/mol. The van der Waals surface area contributed by atoms with Crippen LogP contribution < -0.4 is 10.5 Å². The fourth-order valence-electron chi connectivity index (χ4n) is 5.17. The molecule has 0 radical (unpaired) electrons. The lowest BCUT2D eigenvalue weighted by molar-refractivity contribution is 0.113. The lowest BCUT2D eigenvalue weighted by atomic mass is 10.00. The Hall–Kier alpha value is -1.88. The summed E-state index contributed by atoms with van der Waals surface area (Å²) in [5.74, 6) is 1.01. The second-order valence-electron chi connectivity index (χ2n) is 8.76. The third-order valence-corrected chi connectivity index (χ3v) is 6.97. The Balaban J connectivity index is 1.38. The highest BCUT2D eigenvalue weighted by molar-refractivity contribution is 5.43. The third kappa shape index (κ3) is 3.14. The number of rotatable bonds is 5. The van der Waals surface area contributed by atoms with Crippen LogP contribution in [0.2, 0.25) is 0 Å². The van der Waals surface area contributed by atoms with Crippen LogP contribution in [0.5, 0.6) is 5.75 Å². The normalized spacial score (nSPS) is 24.9. The Morgan fingerprint density at radius 2 is 1.82 bits per heavy atom. The van der Waals surface area contributed by atoms with E-state index in [9.17, 15) is 0 Å². The van der Waals surface area contributed by atoms with Crippen LogP contribution in [0.4, 0.5) is 0 Å². The summed E-state index contributed by atoms with van der Waals surface area (Å²) in [5, 5.41) is 0. The lowest BCUT2D eigenvalue weighted by Crippen LogP contribution is -2.37. The number of benzene rings is 2. The molecule has 2 aromatic carbocycles. The van der Waals surface area contributed by atoms with Gasteiger partial charge in [0.15, 0.2) is 0 Å². The van der Waals surface area contributed by atoms with Crippen molar-refractivity contribution in [3.8, 4) is 5.75 Å². The standard InChI is InChI=1S/C24H31N3O/c1-26-13-9-20(10-14-26)28-21-8-7-18-17-27(23(16-25)22(18)15-21)24(11-12-24)19-5-3-2-4-6-19/h2-8,15,20,23H,9-14,16-17,25H2,1H3. The van der Waals surface area contributed by atoms with Crippen molar-refractivity contribution in [1.82, 2.24) is 9.80 Å². The van der Waals surface area contributed by atoms with E-state index in [0.29, 0.717) is 12.6 Å². The molecule has 3 aliphatic rings. The molecular weight excluding hydrogens is 346 g/mol. The van der Waals surface area contributed by atoms with Gasteiger partial charge in [-0.25, -0.2) is 0 Å². The predicted molar refractivity (Wildman–Crippen MR) is 112 cm³/mol. The molecule has 2 aromatic rings. The maximum Gasteiger partial charge on any atom is 0.120 e. The molecule has 1 atom stereocenters. The number of nitrogens with two attached hydrogens (primary N) is 1. The lowest BCUT2D eigenvalue weighted by Gasteiger charge is -2.33. The van der Waals surface area contributed by atoms with Crippen LogP contribution in [-0.4, -0.2) is 42.6 Å². The highest BCUT2D eigenvalue weighted by Crippen LogP contribution is 2.56. The van der Waals surface area contributed by atoms with Crippen molar-refractivity contribution in [2.45, 2.75) is 49.9 Å². The van der Waals surface area contributed by atoms with Gasteiger partial charge in [-0.3, -0.25) is 4.90 Å². The van der Waals surface area contributed by atoms with Gasteiger partial charge < -0.3 is 15.4 Å². The van der Waals surface area contributed by atoms with E-state index < -0.39 is 0 Å². The van der Waals surface area contributed by atoms with Crippen molar-refractivity contribution in [1.29, 1.82) is 0 Å². The minimum Gasteiger partial charge on any atom is -0.490 e. The molecule has 1 aliphatic carbocycles. The molecule has 148 valence electrons. The van der Waals surface area contributed by atoms with Crippen molar-refractivity contribution in [2.24, 2.45) is 5.73 Å². The van der Waals surface area contributed by atoms with Crippen molar-refractivity contribution in [2.75, 3.05) is 26.7 Å². The maximum absolute atomic E-state index is 6.36. The summed E-state index contributed by atoms with van der Waals surface area (Å²) in [6, 6.07) is 17.9. The Kier molecular flexibility index (Phi) is 4.66. The molecule has 0 bridgehead atoms. The molecule has 1 saturated carbocycles. The zero-order chi connectivity index (χ0) is 19.1. The van der Waals surface area contributed by atoms with Crippen molar-refractivity contribution < 1.29 is 4.74 Å². The molecule has 1 saturated heterocycles. The average Bonchev–Trinajstić information content (AvgIpc) is 3.46. The number of ether oxygens (including phenoxy) is 1. The van der Waals surface area contributed by atoms with Crippen LogP contribution in [0, 0.1) is 0 Å². The minimum atomic E-state index is 0.166. The number of hydrogen-bond donors (Lipinski definition) is 1. The molecule has 2 heterocycles. The molecule has 2 aliphatic heterocycles. The van der Waals surface area contributed by atoms with E-state index in [1.165, 1.54) is 29.5 Å². The van der Waals surface area contributed by atoms with Gasteiger partial charge in [-0.05, 0) is 61.6 Å². The Morgan fingerprint density at radius 3 is 2.50 bits per heavy atom. The predicted octanol–water partition coefficient (Wildman–Crippen LogP) is 3.66. The van der Waals surface area contributed by atoms with Gasteiger partial charge in [0.25, 0.3) is 0 Å². The summed E-state index contributed by atoms with van der Waals surface area (Å²) in [6.45, 7) is 3.88. The van der Waals surface area contributed by atoms with Crippen LogP contribution >= 0.6 is 0 Å². The van der Waals surface area contributed by atoms with E-state index in [4.69, 9.17) is 10.5 Å². The number of piperidine rings is 1. The SMILES string of the molecule is CN1CCC(Oc2ccc3c(c2)C(CN)N(C2(c4ccccc4)CC2)C3)CC1. The number of fused-ring (bicyclic) bond motifs is 1. The van der Waals surface area contributed by atoms with Crippen LogP contribution in [0.3, 0.4) is 0 Å². The van der Waals surface area contributed by atoms with Gasteiger partial charge in [0, 0.05) is 37.8 Å².